The third kappa shape index (κ3) is 3.69. The molecule has 0 spiro atoms. The molecule has 0 aromatic heterocycles. The lowest BCUT2D eigenvalue weighted by molar-refractivity contribution is 0.0138. The largest absolute Gasteiger partial charge is 0.495 e. The van der Waals surface area contributed by atoms with Gasteiger partial charge in [0.2, 0.25) is 0 Å². The Morgan fingerprint density at radius 1 is 1.32 bits per heavy atom. The first kappa shape index (κ1) is 13.9. The molecule has 102 valence electrons. The number of nitrogens with two attached hydrogens (primary N) is 1. The SMILES string of the molecule is COc1ccc(COC2CCC(N)CC2)cc1C#N. The fourth-order valence-corrected chi connectivity index (χ4v) is 2.40. The van der Waals surface area contributed by atoms with E-state index in [0.717, 1.165) is 31.2 Å². The Morgan fingerprint density at radius 2 is 2.05 bits per heavy atom. The molecular formula is C15H20N2O2. The van der Waals surface area contributed by atoms with Crippen molar-refractivity contribution in [1.29, 1.82) is 5.26 Å². The van der Waals surface area contributed by atoms with Crippen LogP contribution in [0.5, 0.6) is 5.75 Å². The molecule has 0 heterocycles. The van der Waals surface area contributed by atoms with Gasteiger partial charge in [0.1, 0.15) is 11.8 Å². The molecule has 0 unspecified atom stereocenters. The van der Waals surface area contributed by atoms with Crippen LogP contribution in [0.1, 0.15) is 36.8 Å². The number of hydrogen-bond acceptors (Lipinski definition) is 4. The minimum atomic E-state index is 0.299. The minimum Gasteiger partial charge on any atom is -0.495 e. The minimum absolute atomic E-state index is 0.299. The molecule has 1 aliphatic carbocycles. The van der Waals surface area contributed by atoms with Crippen LogP contribution in [0, 0.1) is 11.3 Å². The Hall–Kier alpha value is -1.57. The topological polar surface area (TPSA) is 68.3 Å². The van der Waals surface area contributed by atoms with E-state index < -0.39 is 0 Å². The van der Waals surface area contributed by atoms with Gasteiger partial charge in [-0.2, -0.15) is 5.26 Å². The van der Waals surface area contributed by atoms with Crippen molar-refractivity contribution >= 4 is 0 Å². The molecule has 0 atom stereocenters. The first-order chi connectivity index (χ1) is 9.22. The molecule has 0 radical (unpaired) electrons. The molecule has 4 heteroatoms. The molecule has 2 rings (SSSR count). The Labute approximate surface area is 114 Å². The Balaban J connectivity index is 1.91. The number of nitriles is 1. The zero-order chi connectivity index (χ0) is 13.7. The van der Waals surface area contributed by atoms with Crippen LogP contribution < -0.4 is 10.5 Å². The van der Waals surface area contributed by atoms with Crippen molar-refractivity contribution in [3.63, 3.8) is 0 Å². The van der Waals surface area contributed by atoms with Crippen LogP contribution in [0.15, 0.2) is 18.2 Å². The fourth-order valence-electron chi connectivity index (χ4n) is 2.40. The van der Waals surface area contributed by atoms with Crippen LogP contribution in [-0.2, 0) is 11.3 Å². The normalized spacial score (nSPS) is 22.8. The predicted molar refractivity (Wildman–Crippen MR) is 72.7 cm³/mol. The van der Waals surface area contributed by atoms with E-state index in [-0.39, 0.29) is 0 Å². The highest BCUT2D eigenvalue weighted by Gasteiger charge is 2.18. The summed E-state index contributed by atoms with van der Waals surface area (Å²) in [5.41, 5.74) is 7.43. The van der Waals surface area contributed by atoms with Gasteiger partial charge in [-0.25, -0.2) is 0 Å². The summed E-state index contributed by atoms with van der Waals surface area (Å²) < 4.78 is 11.0. The number of nitrogens with zero attached hydrogens (tertiary/aromatic N) is 1. The highest BCUT2D eigenvalue weighted by molar-refractivity contribution is 5.45. The molecule has 0 aliphatic heterocycles. The number of rotatable bonds is 4. The third-order valence-corrected chi connectivity index (χ3v) is 3.59. The molecule has 1 saturated carbocycles. The molecular weight excluding hydrogens is 240 g/mol. The van der Waals surface area contributed by atoms with Crippen LogP contribution in [0.25, 0.3) is 0 Å². The predicted octanol–water partition coefficient (Wildman–Crippen LogP) is 2.35. The van der Waals surface area contributed by atoms with E-state index in [1.807, 2.05) is 18.2 Å². The van der Waals surface area contributed by atoms with Gasteiger partial charge in [0.15, 0.2) is 0 Å². The molecule has 0 amide bonds. The lowest BCUT2D eigenvalue weighted by atomic mass is 9.94. The average Bonchev–Trinajstić information content (AvgIpc) is 2.46. The third-order valence-electron chi connectivity index (χ3n) is 3.59. The van der Waals surface area contributed by atoms with Crippen molar-refractivity contribution in [3.8, 4) is 11.8 Å². The summed E-state index contributed by atoms with van der Waals surface area (Å²) in [5, 5.41) is 9.04. The molecule has 19 heavy (non-hydrogen) atoms. The van der Waals surface area contributed by atoms with Gasteiger partial charge < -0.3 is 15.2 Å². The molecule has 0 bridgehead atoms. The number of ether oxygens (including phenoxy) is 2. The Kier molecular flexibility index (Phi) is 4.78. The smallest absolute Gasteiger partial charge is 0.136 e. The van der Waals surface area contributed by atoms with Gasteiger partial charge in [0.25, 0.3) is 0 Å². The first-order valence-electron chi connectivity index (χ1n) is 6.67. The summed E-state index contributed by atoms with van der Waals surface area (Å²) >= 11 is 0. The van der Waals surface area contributed by atoms with Crippen LogP contribution in [0.2, 0.25) is 0 Å². The second kappa shape index (κ2) is 6.55. The highest BCUT2D eigenvalue weighted by atomic mass is 16.5. The quantitative estimate of drug-likeness (QED) is 0.902. The second-order valence-electron chi connectivity index (χ2n) is 4.99. The van der Waals surface area contributed by atoms with E-state index >= 15 is 0 Å². The van der Waals surface area contributed by atoms with Crippen molar-refractivity contribution in [3.05, 3.63) is 29.3 Å². The van der Waals surface area contributed by atoms with Crippen molar-refractivity contribution in [2.24, 2.45) is 5.73 Å². The van der Waals surface area contributed by atoms with Gasteiger partial charge in [0.05, 0.1) is 25.4 Å². The van der Waals surface area contributed by atoms with Gasteiger partial charge in [0, 0.05) is 6.04 Å². The Morgan fingerprint density at radius 3 is 2.68 bits per heavy atom. The standard InChI is InChI=1S/C15H20N2O2/c1-18-15-7-2-11(8-12(15)9-16)10-19-14-5-3-13(17)4-6-14/h2,7-8,13-14H,3-6,10,17H2,1H3. The molecule has 1 aliphatic rings. The maximum Gasteiger partial charge on any atom is 0.136 e. The van der Waals surface area contributed by atoms with Gasteiger partial charge in [-0.3, -0.25) is 0 Å². The number of hydrogen-bond donors (Lipinski definition) is 1. The molecule has 2 N–H and O–H groups in total. The zero-order valence-electron chi connectivity index (χ0n) is 11.3. The maximum absolute atomic E-state index is 9.04. The highest BCUT2D eigenvalue weighted by Crippen LogP contribution is 2.23. The lowest BCUT2D eigenvalue weighted by Crippen LogP contribution is -2.30. The molecule has 1 aromatic rings. The van der Waals surface area contributed by atoms with E-state index in [0.29, 0.717) is 30.1 Å². The molecule has 0 saturated heterocycles. The van der Waals surface area contributed by atoms with Gasteiger partial charge in [-0.05, 0) is 43.4 Å². The van der Waals surface area contributed by atoms with Crippen LogP contribution >= 0.6 is 0 Å². The zero-order valence-corrected chi connectivity index (χ0v) is 11.3. The van der Waals surface area contributed by atoms with E-state index in [1.54, 1.807) is 7.11 Å². The maximum atomic E-state index is 9.04. The van der Waals surface area contributed by atoms with Gasteiger partial charge >= 0.3 is 0 Å². The van der Waals surface area contributed by atoms with Crippen LogP contribution in [-0.4, -0.2) is 19.3 Å². The van der Waals surface area contributed by atoms with E-state index in [1.165, 1.54) is 0 Å². The number of methoxy groups -OCH3 is 1. The summed E-state index contributed by atoms with van der Waals surface area (Å²) in [7, 11) is 1.57. The molecule has 1 aromatic carbocycles. The second-order valence-corrected chi connectivity index (χ2v) is 4.99. The van der Waals surface area contributed by atoms with Crippen molar-refractivity contribution < 1.29 is 9.47 Å². The van der Waals surface area contributed by atoms with Gasteiger partial charge in [-0.1, -0.05) is 6.07 Å². The lowest BCUT2D eigenvalue weighted by Gasteiger charge is -2.26. The molecule has 1 fully saturated rings. The van der Waals surface area contributed by atoms with Crippen molar-refractivity contribution in [2.45, 2.75) is 44.4 Å². The summed E-state index contributed by atoms with van der Waals surface area (Å²) in [6.07, 6.45) is 4.44. The van der Waals surface area contributed by atoms with E-state index in [4.69, 9.17) is 20.5 Å². The number of benzene rings is 1. The first-order valence-corrected chi connectivity index (χ1v) is 6.67. The van der Waals surface area contributed by atoms with E-state index in [2.05, 4.69) is 6.07 Å². The summed E-state index contributed by atoms with van der Waals surface area (Å²) in [4.78, 5) is 0. The van der Waals surface area contributed by atoms with Gasteiger partial charge in [-0.15, -0.1) is 0 Å². The van der Waals surface area contributed by atoms with Crippen LogP contribution in [0.3, 0.4) is 0 Å². The summed E-state index contributed by atoms with van der Waals surface area (Å²) in [6.45, 7) is 0.540. The monoisotopic (exact) mass is 260 g/mol. The van der Waals surface area contributed by atoms with Crippen molar-refractivity contribution in [1.82, 2.24) is 0 Å². The fraction of sp³-hybridized carbons (Fsp3) is 0.533. The summed E-state index contributed by atoms with van der Waals surface area (Å²) in [5.74, 6) is 0.606. The van der Waals surface area contributed by atoms with Crippen molar-refractivity contribution in [2.75, 3.05) is 7.11 Å². The molecule has 4 nitrogen and oxygen atoms in total. The Bertz CT molecular complexity index is 460. The van der Waals surface area contributed by atoms with Crippen LogP contribution in [0.4, 0.5) is 0 Å². The average molecular weight is 260 g/mol. The van der Waals surface area contributed by atoms with E-state index in [9.17, 15) is 0 Å². The summed E-state index contributed by atoms with van der Waals surface area (Å²) in [6, 6.07) is 8.05.